The molecule has 17 heavy (non-hydrogen) atoms. The molecule has 1 aliphatic heterocycles. The Bertz CT molecular complexity index is 466. The first-order valence-electron chi connectivity index (χ1n) is 5.45. The van der Waals surface area contributed by atoms with Gasteiger partial charge in [-0.3, -0.25) is 0 Å². The highest BCUT2D eigenvalue weighted by atomic mass is 79.9. The third kappa shape index (κ3) is 3.51. The summed E-state index contributed by atoms with van der Waals surface area (Å²) in [6.45, 7) is 1.07. The Hall–Kier alpha value is -0.430. The molecule has 4 nitrogen and oxygen atoms in total. The van der Waals surface area contributed by atoms with Gasteiger partial charge in [-0.25, -0.2) is 13.1 Å². The molecule has 1 aliphatic rings. The summed E-state index contributed by atoms with van der Waals surface area (Å²) in [5.74, 6) is 0. The second-order valence-electron chi connectivity index (χ2n) is 3.94. The fourth-order valence-electron chi connectivity index (χ4n) is 1.71. The molecule has 0 unspecified atom stereocenters. The first kappa shape index (κ1) is 13.0. The van der Waals surface area contributed by atoms with E-state index in [9.17, 15) is 8.42 Å². The summed E-state index contributed by atoms with van der Waals surface area (Å²) >= 11 is 3.27. The van der Waals surface area contributed by atoms with Crippen molar-refractivity contribution in [1.29, 1.82) is 0 Å². The minimum absolute atomic E-state index is 0.0141. The summed E-state index contributed by atoms with van der Waals surface area (Å²) < 4.78 is 32.6. The standard InChI is InChI=1S/C11H14BrNO3S/c12-9-3-5-11(6-4-9)17(14,15)13-8-10-2-1-7-16-10/h3-6,10,13H,1-2,7-8H2/t10-/m0/s1. The van der Waals surface area contributed by atoms with Crippen molar-refractivity contribution in [2.45, 2.75) is 23.8 Å². The van der Waals surface area contributed by atoms with E-state index in [0.717, 1.165) is 23.9 Å². The van der Waals surface area contributed by atoms with Crippen LogP contribution in [-0.2, 0) is 14.8 Å². The van der Waals surface area contributed by atoms with E-state index in [1.165, 1.54) is 0 Å². The maximum absolute atomic E-state index is 11.9. The lowest BCUT2D eigenvalue weighted by Gasteiger charge is -2.11. The Morgan fingerprint density at radius 1 is 1.35 bits per heavy atom. The van der Waals surface area contributed by atoms with Gasteiger partial charge in [0.15, 0.2) is 0 Å². The number of ether oxygens (including phenoxy) is 1. The molecule has 0 amide bonds. The normalized spacial score (nSPS) is 20.6. The number of hydrogen-bond acceptors (Lipinski definition) is 3. The van der Waals surface area contributed by atoms with Crippen molar-refractivity contribution in [2.75, 3.05) is 13.2 Å². The van der Waals surface area contributed by atoms with Crippen molar-refractivity contribution in [3.8, 4) is 0 Å². The van der Waals surface area contributed by atoms with E-state index in [1.54, 1.807) is 24.3 Å². The molecule has 1 aromatic carbocycles. The van der Waals surface area contributed by atoms with Gasteiger partial charge in [-0.1, -0.05) is 15.9 Å². The quantitative estimate of drug-likeness (QED) is 0.922. The maximum Gasteiger partial charge on any atom is 0.240 e. The first-order valence-corrected chi connectivity index (χ1v) is 7.72. The van der Waals surface area contributed by atoms with Gasteiger partial charge in [-0.15, -0.1) is 0 Å². The van der Waals surface area contributed by atoms with Gasteiger partial charge in [0.25, 0.3) is 0 Å². The van der Waals surface area contributed by atoms with Crippen LogP contribution in [0.25, 0.3) is 0 Å². The van der Waals surface area contributed by atoms with Crippen LogP contribution in [0.3, 0.4) is 0 Å². The second-order valence-corrected chi connectivity index (χ2v) is 6.62. The van der Waals surface area contributed by atoms with Gasteiger partial charge in [0.2, 0.25) is 10.0 Å². The van der Waals surface area contributed by atoms with Gasteiger partial charge in [-0.2, -0.15) is 0 Å². The minimum atomic E-state index is -3.42. The molecule has 1 atom stereocenters. The summed E-state index contributed by atoms with van der Waals surface area (Å²) in [7, 11) is -3.42. The zero-order valence-corrected chi connectivity index (χ0v) is 11.6. The highest BCUT2D eigenvalue weighted by molar-refractivity contribution is 9.10. The van der Waals surface area contributed by atoms with Crippen LogP contribution in [0.2, 0.25) is 0 Å². The van der Waals surface area contributed by atoms with Crippen LogP contribution in [0, 0.1) is 0 Å². The van der Waals surface area contributed by atoms with E-state index in [2.05, 4.69) is 20.7 Å². The van der Waals surface area contributed by atoms with Crippen LogP contribution in [0.4, 0.5) is 0 Å². The van der Waals surface area contributed by atoms with Crippen LogP contribution in [-0.4, -0.2) is 27.7 Å². The zero-order chi connectivity index (χ0) is 12.3. The maximum atomic E-state index is 11.9. The van der Waals surface area contributed by atoms with E-state index in [1.807, 2.05) is 0 Å². The second kappa shape index (κ2) is 5.48. The molecule has 0 spiro atoms. The molecule has 1 aromatic rings. The Labute approximate surface area is 110 Å². The molecule has 0 saturated carbocycles. The molecule has 1 heterocycles. The first-order chi connectivity index (χ1) is 8.08. The molecule has 1 saturated heterocycles. The van der Waals surface area contributed by atoms with Crippen molar-refractivity contribution in [1.82, 2.24) is 4.72 Å². The largest absolute Gasteiger partial charge is 0.377 e. The third-order valence-corrected chi connectivity index (χ3v) is 4.62. The van der Waals surface area contributed by atoms with Crippen LogP contribution >= 0.6 is 15.9 Å². The fraction of sp³-hybridized carbons (Fsp3) is 0.455. The molecule has 2 rings (SSSR count). The van der Waals surface area contributed by atoms with Crippen LogP contribution in [0.1, 0.15) is 12.8 Å². The Kier molecular flexibility index (Phi) is 4.19. The lowest BCUT2D eigenvalue weighted by Crippen LogP contribution is -2.31. The molecule has 1 N–H and O–H groups in total. The van der Waals surface area contributed by atoms with Gasteiger partial charge in [0, 0.05) is 17.6 Å². The van der Waals surface area contributed by atoms with E-state index in [-0.39, 0.29) is 11.0 Å². The Morgan fingerprint density at radius 2 is 2.06 bits per heavy atom. The molecule has 6 heteroatoms. The molecule has 0 bridgehead atoms. The van der Waals surface area contributed by atoms with E-state index in [4.69, 9.17) is 4.74 Å². The highest BCUT2D eigenvalue weighted by Gasteiger charge is 2.19. The molecule has 0 aromatic heterocycles. The van der Waals surface area contributed by atoms with Crippen LogP contribution in [0.15, 0.2) is 33.6 Å². The van der Waals surface area contributed by atoms with Gasteiger partial charge in [0.05, 0.1) is 11.0 Å². The Morgan fingerprint density at radius 3 is 2.65 bits per heavy atom. The topological polar surface area (TPSA) is 55.4 Å². The number of nitrogens with one attached hydrogen (secondary N) is 1. The van der Waals surface area contributed by atoms with Crippen molar-refractivity contribution in [3.05, 3.63) is 28.7 Å². The Balaban J connectivity index is 2.00. The van der Waals surface area contributed by atoms with Gasteiger partial charge >= 0.3 is 0 Å². The van der Waals surface area contributed by atoms with Gasteiger partial charge < -0.3 is 4.74 Å². The molecule has 0 aliphatic carbocycles. The smallest absolute Gasteiger partial charge is 0.240 e. The van der Waals surface area contributed by atoms with E-state index < -0.39 is 10.0 Å². The van der Waals surface area contributed by atoms with Crippen molar-refractivity contribution < 1.29 is 13.2 Å². The molecular formula is C11H14BrNO3S. The van der Waals surface area contributed by atoms with E-state index in [0.29, 0.717) is 6.54 Å². The predicted octanol–water partition coefficient (Wildman–Crippen LogP) is 1.91. The fourth-order valence-corrected chi connectivity index (χ4v) is 3.04. The average molecular weight is 320 g/mol. The van der Waals surface area contributed by atoms with Crippen molar-refractivity contribution >= 4 is 26.0 Å². The number of sulfonamides is 1. The summed E-state index contributed by atoms with van der Waals surface area (Å²) in [6, 6.07) is 6.56. The number of benzene rings is 1. The lowest BCUT2D eigenvalue weighted by atomic mass is 10.2. The molecule has 0 radical (unpaired) electrons. The summed E-state index contributed by atoms with van der Waals surface area (Å²) in [5.41, 5.74) is 0. The monoisotopic (exact) mass is 319 g/mol. The van der Waals surface area contributed by atoms with Crippen LogP contribution < -0.4 is 4.72 Å². The lowest BCUT2D eigenvalue weighted by molar-refractivity contribution is 0.114. The van der Waals surface area contributed by atoms with Gasteiger partial charge in [-0.05, 0) is 37.1 Å². The third-order valence-electron chi connectivity index (χ3n) is 2.65. The summed E-state index contributed by atoms with van der Waals surface area (Å²) in [4.78, 5) is 0.277. The molecular weight excluding hydrogens is 306 g/mol. The highest BCUT2D eigenvalue weighted by Crippen LogP contribution is 2.15. The van der Waals surface area contributed by atoms with Crippen LogP contribution in [0.5, 0.6) is 0 Å². The number of halogens is 1. The predicted molar refractivity (Wildman–Crippen MR) is 68.3 cm³/mol. The zero-order valence-electron chi connectivity index (χ0n) is 9.23. The average Bonchev–Trinajstić information content (AvgIpc) is 2.80. The molecule has 94 valence electrons. The number of hydrogen-bond donors (Lipinski definition) is 1. The number of rotatable bonds is 4. The van der Waals surface area contributed by atoms with Crippen molar-refractivity contribution in [2.24, 2.45) is 0 Å². The summed E-state index contributed by atoms with van der Waals surface area (Å²) in [6.07, 6.45) is 1.94. The molecule has 1 fully saturated rings. The summed E-state index contributed by atoms with van der Waals surface area (Å²) in [5, 5.41) is 0. The van der Waals surface area contributed by atoms with E-state index >= 15 is 0 Å². The van der Waals surface area contributed by atoms with Crippen molar-refractivity contribution in [3.63, 3.8) is 0 Å². The van der Waals surface area contributed by atoms with Gasteiger partial charge in [0.1, 0.15) is 0 Å². The SMILES string of the molecule is O=S(=O)(NC[C@@H]1CCCO1)c1ccc(Br)cc1. The minimum Gasteiger partial charge on any atom is -0.377 e.